The van der Waals surface area contributed by atoms with Crippen LogP contribution in [0.2, 0.25) is 0 Å². The number of thiophene rings is 1. The van der Waals surface area contributed by atoms with Crippen molar-refractivity contribution in [1.82, 2.24) is 5.32 Å². The zero-order chi connectivity index (χ0) is 17.5. The maximum absolute atomic E-state index is 11.9. The van der Waals surface area contributed by atoms with Gasteiger partial charge in [-0.1, -0.05) is 19.8 Å². The van der Waals surface area contributed by atoms with Crippen LogP contribution in [0.5, 0.6) is 0 Å². The normalized spacial score (nSPS) is 20.4. The molecular formula is C18H25NO4S. The lowest BCUT2D eigenvalue weighted by Crippen LogP contribution is -2.42. The summed E-state index contributed by atoms with van der Waals surface area (Å²) in [5.41, 5.74) is 0. The summed E-state index contributed by atoms with van der Waals surface area (Å²) in [7, 11) is 0. The van der Waals surface area contributed by atoms with Crippen LogP contribution in [0.25, 0.3) is 0 Å². The van der Waals surface area contributed by atoms with Gasteiger partial charge in [0.05, 0.1) is 11.3 Å². The molecule has 0 bridgehead atoms. The lowest BCUT2D eigenvalue weighted by Gasteiger charge is -2.29. The van der Waals surface area contributed by atoms with Crippen LogP contribution in [0, 0.1) is 12.8 Å². The highest BCUT2D eigenvalue weighted by Crippen LogP contribution is 2.23. The summed E-state index contributed by atoms with van der Waals surface area (Å²) in [5, 5.41) is 2.94. The molecule has 1 fully saturated rings. The van der Waals surface area contributed by atoms with Crippen molar-refractivity contribution in [2.45, 2.75) is 58.4 Å². The lowest BCUT2D eigenvalue weighted by molar-refractivity contribution is -0.148. The van der Waals surface area contributed by atoms with E-state index in [4.69, 9.17) is 4.74 Å². The van der Waals surface area contributed by atoms with Crippen LogP contribution in [0.1, 0.15) is 60.0 Å². The third kappa shape index (κ3) is 5.74. The number of hydrogen-bond acceptors (Lipinski definition) is 5. The van der Waals surface area contributed by atoms with Crippen LogP contribution < -0.4 is 5.32 Å². The third-order valence-corrected chi connectivity index (χ3v) is 5.44. The Morgan fingerprint density at radius 1 is 1.21 bits per heavy atom. The van der Waals surface area contributed by atoms with Crippen molar-refractivity contribution in [2.24, 2.45) is 5.92 Å². The lowest BCUT2D eigenvalue weighted by atomic mass is 9.86. The van der Waals surface area contributed by atoms with Gasteiger partial charge in [0.1, 0.15) is 0 Å². The van der Waals surface area contributed by atoms with Crippen LogP contribution >= 0.6 is 11.3 Å². The molecule has 24 heavy (non-hydrogen) atoms. The molecule has 1 aromatic rings. The molecule has 5 nitrogen and oxygen atoms in total. The molecule has 0 aliphatic heterocycles. The number of Topliss-reactive ketones (excluding diaryl/α,β-unsaturated/α-hetero) is 1. The fraction of sp³-hybridized carbons (Fsp3) is 0.611. The van der Waals surface area contributed by atoms with Crippen LogP contribution in [0.4, 0.5) is 0 Å². The maximum Gasteiger partial charge on any atom is 0.306 e. The van der Waals surface area contributed by atoms with Gasteiger partial charge in [-0.2, -0.15) is 0 Å². The summed E-state index contributed by atoms with van der Waals surface area (Å²) in [4.78, 5) is 37.2. The average Bonchev–Trinajstić information content (AvgIpc) is 2.99. The van der Waals surface area contributed by atoms with Crippen molar-refractivity contribution >= 4 is 29.0 Å². The fourth-order valence-electron chi connectivity index (χ4n) is 2.92. The van der Waals surface area contributed by atoms with E-state index in [0.29, 0.717) is 10.8 Å². The number of carbonyl (C=O) groups is 3. The number of carbonyl (C=O) groups excluding carboxylic acids is 3. The van der Waals surface area contributed by atoms with E-state index in [1.54, 1.807) is 6.07 Å². The molecule has 0 aromatic carbocycles. The Morgan fingerprint density at radius 2 is 1.96 bits per heavy atom. The summed E-state index contributed by atoms with van der Waals surface area (Å²) in [6, 6.07) is 3.83. The molecule has 1 amide bonds. The van der Waals surface area contributed by atoms with E-state index in [2.05, 4.69) is 12.2 Å². The number of aryl methyl sites for hydroxylation is 1. The first-order chi connectivity index (χ1) is 11.5. The molecule has 0 saturated heterocycles. The Hall–Kier alpha value is -1.69. The molecule has 1 aromatic heterocycles. The number of nitrogens with one attached hydrogen (secondary N) is 1. The summed E-state index contributed by atoms with van der Waals surface area (Å²) < 4.78 is 4.97. The largest absolute Gasteiger partial charge is 0.456 e. The molecule has 0 unspecified atom stereocenters. The smallest absolute Gasteiger partial charge is 0.306 e. The minimum atomic E-state index is -0.511. The van der Waals surface area contributed by atoms with E-state index in [9.17, 15) is 14.4 Å². The van der Waals surface area contributed by atoms with Crippen molar-refractivity contribution in [3.63, 3.8) is 0 Å². The molecule has 1 aliphatic rings. The van der Waals surface area contributed by atoms with Gasteiger partial charge in [-0.25, -0.2) is 0 Å². The first-order valence-electron chi connectivity index (χ1n) is 8.50. The standard InChI is InChI=1S/C18H25NO4S/c1-12-5-3-4-6-14(12)19-17(21)11-23-18(22)10-8-15(20)16-9-7-13(2)24-16/h7,9,12,14H,3-6,8,10-11H2,1-2H3,(H,19,21)/t12-,14-/m1/s1. The van der Waals surface area contributed by atoms with E-state index in [0.717, 1.165) is 24.1 Å². The first-order valence-corrected chi connectivity index (χ1v) is 9.32. The highest BCUT2D eigenvalue weighted by molar-refractivity contribution is 7.14. The van der Waals surface area contributed by atoms with Gasteiger partial charge in [-0.05, 0) is 37.8 Å². The van der Waals surface area contributed by atoms with Gasteiger partial charge in [-0.15, -0.1) is 11.3 Å². The number of hydrogen-bond donors (Lipinski definition) is 1. The average molecular weight is 351 g/mol. The predicted molar refractivity (Wildman–Crippen MR) is 93.1 cm³/mol. The molecule has 0 spiro atoms. The molecule has 2 rings (SSSR count). The van der Waals surface area contributed by atoms with E-state index < -0.39 is 5.97 Å². The number of ether oxygens (including phenoxy) is 1. The summed E-state index contributed by atoms with van der Waals surface area (Å²) in [6.07, 6.45) is 4.55. The number of esters is 1. The van der Waals surface area contributed by atoms with Crippen molar-refractivity contribution in [1.29, 1.82) is 0 Å². The Morgan fingerprint density at radius 3 is 2.62 bits per heavy atom. The summed E-state index contributed by atoms with van der Waals surface area (Å²) in [6.45, 7) is 3.80. The molecule has 132 valence electrons. The monoisotopic (exact) mass is 351 g/mol. The number of rotatable bonds is 7. The Balaban J connectivity index is 1.65. The van der Waals surface area contributed by atoms with Gasteiger partial charge in [-0.3, -0.25) is 14.4 Å². The Labute approximate surface area is 146 Å². The molecule has 2 atom stereocenters. The van der Waals surface area contributed by atoms with Gasteiger partial charge in [0.25, 0.3) is 5.91 Å². The van der Waals surface area contributed by atoms with E-state index in [1.165, 1.54) is 17.8 Å². The van der Waals surface area contributed by atoms with E-state index in [1.807, 2.05) is 13.0 Å². The second-order valence-electron chi connectivity index (χ2n) is 6.43. The van der Waals surface area contributed by atoms with Gasteiger partial charge in [0.15, 0.2) is 12.4 Å². The SMILES string of the molecule is Cc1ccc(C(=O)CCC(=O)OCC(=O)N[C@@H]2CCCC[C@H]2C)s1. The molecule has 6 heteroatoms. The Bertz CT molecular complexity index is 596. The zero-order valence-electron chi connectivity index (χ0n) is 14.3. The predicted octanol–water partition coefficient (Wildman–Crippen LogP) is 3.26. The minimum Gasteiger partial charge on any atom is -0.456 e. The second-order valence-corrected chi connectivity index (χ2v) is 7.72. The molecule has 1 aliphatic carbocycles. The molecule has 0 radical (unpaired) electrons. The van der Waals surface area contributed by atoms with Crippen molar-refractivity contribution in [3.05, 3.63) is 21.9 Å². The highest BCUT2D eigenvalue weighted by Gasteiger charge is 2.23. The van der Waals surface area contributed by atoms with Crippen LogP contribution in [-0.4, -0.2) is 30.3 Å². The molecule has 1 saturated carbocycles. The topological polar surface area (TPSA) is 72.5 Å². The minimum absolute atomic E-state index is 0.00287. The molecule has 1 N–H and O–H groups in total. The highest BCUT2D eigenvalue weighted by atomic mass is 32.1. The van der Waals surface area contributed by atoms with Crippen LogP contribution in [0.3, 0.4) is 0 Å². The quantitative estimate of drug-likeness (QED) is 0.604. The fourth-order valence-corrected chi connectivity index (χ4v) is 3.76. The molecule has 1 heterocycles. The third-order valence-electron chi connectivity index (χ3n) is 4.39. The maximum atomic E-state index is 11.9. The van der Waals surface area contributed by atoms with Crippen LogP contribution in [0.15, 0.2) is 12.1 Å². The first kappa shape index (κ1) is 18.6. The van der Waals surface area contributed by atoms with Crippen molar-refractivity contribution < 1.29 is 19.1 Å². The second kappa shape index (κ2) is 8.97. The summed E-state index contributed by atoms with van der Waals surface area (Å²) >= 11 is 1.42. The molecular weight excluding hydrogens is 326 g/mol. The van der Waals surface area contributed by atoms with E-state index in [-0.39, 0.29) is 37.2 Å². The Kier molecular flexibility index (Phi) is 6.97. The summed E-state index contributed by atoms with van der Waals surface area (Å²) in [5.74, 6) is -0.374. The number of amides is 1. The van der Waals surface area contributed by atoms with Gasteiger partial charge >= 0.3 is 5.97 Å². The van der Waals surface area contributed by atoms with Crippen molar-refractivity contribution in [2.75, 3.05) is 6.61 Å². The van der Waals surface area contributed by atoms with E-state index >= 15 is 0 Å². The van der Waals surface area contributed by atoms with Gasteiger partial charge in [0.2, 0.25) is 0 Å². The zero-order valence-corrected chi connectivity index (χ0v) is 15.1. The van der Waals surface area contributed by atoms with Crippen molar-refractivity contribution in [3.8, 4) is 0 Å². The van der Waals surface area contributed by atoms with Crippen LogP contribution in [-0.2, 0) is 14.3 Å². The number of ketones is 1. The van der Waals surface area contributed by atoms with Gasteiger partial charge in [0, 0.05) is 17.3 Å². The van der Waals surface area contributed by atoms with Gasteiger partial charge < -0.3 is 10.1 Å².